The number of aryl methyl sites for hydroxylation is 2. The Hall–Kier alpha value is -2.17. The second-order valence-electron chi connectivity index (χ2n) is 5.09. The topological polar surface area (TPSA) is 55.3 Å². The van der Waals surface area contributed by atoms with E-state index in [1.54, 1.807) is 0 Å². The predicted octanol–water partition coefficient (Wildman–Crippen LogP) is 2.50. The number of hydrogen-bond donors (Lipinski definition) is 2. The molecule has 0 bridgehead atoms. The maximum atomic E-state index is 5.81. The van der Waals surface area contributed by atoms with Crippen molar-refractivity contribution < 1.29 is 0 Å². The van der Waals surface area contributed by atoms with Crippen LogP contribution in [0, 0.1) is 13.8 Å². The van der Waals surface area contributed by atoms with Gasteiger partial charge in [0.25, 0.3) is 0 Å². The molecule has 0 radical (unpaired) electrons. The fourth-order valence-corrected chi connectivity index (χ4v) is 2.67. The molecule has 4 heteroatoms. The minimum atomic E-state index is -0.0597. The molecule has 0 spiro atoms. The highest BCUT2D eigenvalue weighted by atomic mass is 15.3. The Morgan fingerprint density at radius 2 is 2.00 bits per heavy atom. The largest absolute Gasteiger partial charge is 0.271 e. The van der Waals surface area contributed by atoms with Crippen LogP contribution in [0.25, 0.3) is 5.52 Å². The molecular weight excluding hydrogens is 248 g/mol. The first-order chi connectivity index (χ1) is 9.70. The van der Waals surface area contributed by atoms with Gasteiger partial charge in [0.15, 0.2) is 0 Å². The van der Waals surface area contributed by atoms with Crippen LogP contribution >= 0.6 is 0 Å². The molecule has 4 nitrogen and oxygen atoms in total. The van der Waals surface area contributed by atoms with E-state index in [1.807, 2.05) is 29.0 Å². The number of hydrazine groups is 1. The maximum Gasteiger partial charge on any atom is 0.0749 e. The van der Waals surface area contributed by atoms with Gasteiger partial charge >= 0.3 is 0 Å². The number of nitrogens with zero attached hydrogens (tertiary/aromatic N) is 2. The Balaban J connectivity index is 2.14. The highest BCUT2D eigenvalue weighted by Gasteiger charge is 2.18. The smallest absolute Gasteiger partial charge is 0.0749 e. The molecule has 0 aliphatic carbocycles. The van der Waals surface area contributed by atoms with Crippen LogP contribution < -0.4 is 11.3 Å². The summed E-state index contributed by atoms with van der Waals surface area (Å²) in [5.74, 6) is 5.81. The number of aromatic nitrogens is 2. The molecule has 1 aromatic carbocycles. The monoisotopic (exact) mass is 266 g/mol. The third kappa shape index (κ3) is 2.09. The lowest BCUT2D eigenvalue weighted by atomic mass is 9.95. The molecule has 1 unspecified atom stereocenters. The molecule has 102 valence electrons. The van der Waals surface area contributed by atoms with Gasteiger partial charge in [0, 0.05) is 11.8 Å². The molecule has 20 heavy (non-hydrogen) atoms. The van der Waals surface area contributed by atoms with E-state index >= 15 is 0 Å². The Labute approximate surface area is 118 Å². The van der Waals surface area contributed by atoms with Gasteiger partial charge in [-0.15, -0.1) is 0 Å². The van der Waals surface area contributed by atoms with E-state index in [0.29, 0.717) is 0 Å². The Bertz CT molecular complexity index is 745. The van der Waals surface area contributed by atoms with E-state index in [4.69, 9.17) is 5.84 Å². The molecule has 3 rings (SSSR count). The van der Waals surface area contributed by atoms with E-state index in [-0.39, 0.29) is 6.04 Å². The zero-order chi connectivity index (χ0) is 14.1. The summed E-state index contributed by atoms with van der Waals surface area (Å²) >= 11 is 0. The van der Waals surface area contributed by atoms with Crippen molar-refractivity contribution in [3.63, 3.8) is 0 Å². The third-order valence-corrected chi connectivity index (χ3v) is 3.67. The second kappa shape index (κ2) is 5.07. The highest BCUT2D eigenvalue weighted by molar-refractivity contribution is 5.57. The summed E-state index contributed by atoms with van der Waals surface area (Å²) in [5.41, 5.74) is 8.72. The molecule has 0 amide bonds. The zero-order valence-corrected chi connectivity index (χ0v) is 11.7. The first-order valence-corrected chi connectivity index (χ1v) is 6.66. The standard InChI is InChI=1S/C16H18N4/c1-11-6-7-13(12(2)9-11)16(19-17)14-10-18-20-8-4-3-5-15(14)20/h3-10,16,19H,17H2,1-2H3. The second-order valence-corrected chi connectivity index (χ2v) is 5.09. The maximum absolute atomic E-state index is 5.81. The van der Waals surface area contributed by atoms with Crippen molar-refractivity contribution >= 4 is 5.52 Å². The zero-order valence-electron chi connectivity index (χ0n) is 11.7. The number of nitrogens with two attached hydrogens (primary N) is 1. The van der Waals surface area contributed by atoms with Crippen molar-refractivity contribution in [1.29, 1.82) is 0 Å². The van der Waals surface area contributed by atoms with Gasteiger partial charge < -0.3 is 0 Å². The van der Waals surface area contributed by atoms with Crippen LogP contribution in [0.15, 0.2) is 48.8 Å². The Kier molecular flexibility index (Phi) is 3.26. The van der Waals surface area contributed by atoms with E-state index in [0.717, 1.165) is 11.1 Å². The first kappa shape index (κ1) is 12.8. The van der Waals surface area contributed by atoms with E-state index in [1.165, 1.54) is 16.7 Å². The number of pyridine rings is 1. The molecule has 2 heterocycles. The van der Waals surface area contributed by atoms with Crippen LogP contribution in [0.5, 0.6) is 0 Å². The van der Waals surface area contributed by atoms with Crippen molar-refractivity contribution in [2.45, 2.75) is 19.9 Å². The van der Waals surface area contributed by atoms with Gasteiger partial charge in [-0.1, -0.05) is 29.8 Å². The van der Waals surface area contributed by atoms with Crippen LogP contribution in [0.2, 0.25) is 0 Å². The molecule has 0 aliphatic heterocycles. The predicted molar refractivity (Wildman–Crippen MR) is 80.3 cm³/mol. The molecule has 0 saturated heterocycles. The van der Waals surface area contributed by atoms with Gasteiger partial charge in [0.1, 0.15) is 0 Å². The van der Waals surface area contributed by atoms with Gasteiger partial charge in [-0.25, -0.2) is 9.94 Å². The first-order valence-electron chi connectivity index (χ1n) is 6.66. The van der Waals surface area contributed by atoms with Crippen LogP contribution in [-0.2, 0) is 0 Å². The molecule has 0 fully saturated rings. The Morgan fingerprint density at radius 3 is 2.75 bits per heavy atom. The minimum absolute atomic E-state index is 0.0597. The fraction of sp³-hybridized carbons (Fsp3) is 0.188. The Morgan fingerprint density at radius 1 is 1.15 bits per heavy atom. The molecule has 3 N–H and O–H groups in total. The summed E-state index contributed by atoms with van der Waals surface area (Å²) in [6.45, 7) is 4.20. The van der Waals surface area contributed by atoms with Gasteiger partial charge in [-0.2, -0.15) is 5.10 Å². The van der Waals surface area contributed by atoms with Crippen molar-refractivity contribution in [3.05, 3.63) is 71.0 Å². The summed E-state index contributed by atoms with van der Waals surface area (Å²) in [5, 5.41) is 4.38. The van der Waals surface area contributed by atoms with Crippen molar-refractivity contribution in [1.82, 2.24) is 15.0 Å². The molecule has 1 atom stereocenters. The van der Waals surface area contributed by atoms with Crippen LogP contribution in [0.4, 0.5) is 0 Å². The molecular formula is C16H18N4. The summed E-state index contributed by atoms with van der Waals surface area (Å²) < 4.78 is 1.86. The van der Waals surface area contributed by atoms with E-state index in [9.17, 15) is 0 Å². The molecule has 3 aromatic rings. The molecule has 0 saturated carbocycles. The highest BCUT2D eigenvalue weighted by Crippen LogP contribution is 2.27. The van der Waals surface area contributed by atoms with Crippen LogP contribution in [0.3, 0.4) is 0 Å². The number of hydrogen-bond acceptors (Lipinski definition) is 3. The van der Waals surface area contributed by atoms with E-state index < -0.39 is 0 Å². The lowest BCUT2D eigenvalue weighted by Gasteiger charge is -2.18. The third-order valence-electron chi connectivity index (χ3n) is 3.67. The van der Waals surface area contributed by atoms with Crippen molar-refractivity contribution in [3.8, 4) is 0 Å². The average molecular weight is 266 g/mol. The van der Waals surface area contributed by atoms with Gasteiger partial charge in [0.2, 0.25) is 0 Å². The van der Waals surface area contributed by atoms with Crippen LogP contribution in [-0.4, -0.2) is 9.61 Å². The van der Waals surface area contributed by atoms with Gasteiger partial charge in [-0.05, 0) is 37.1 Å². The molecule has 2 aromatic heterocycles. The fourth-order valence-electron chi connectivity index (χ4n) is 2.67. The SMILES string of the molecule is Cc1ccc(C(NN)c2cnn3ccccc23)c(C)c1. The average Bonchev–Trinajstić information content (AvgIpc) is 2.86. The summed E-state index contributed by atoms with van der Waals surface area (Å²) in [6.07, 6.45) is 3.81. The van der Waals surface area contributed by atoms with Crippen molar-refractivity contribution in [2.24, 2.45) is 5.84 Å². The lowest BCUT2D eigenvalue weighted by molar-refractivity contribution is 0.637. The number of fused-ring (bicyclic) bond motifs is 1. The van der Waals surface area contributed by atoms with Crippen molar-refractivity contribution in [2.75, 3.05) is 0 Å². The number of benzene rings is 1. The van der Waals surface area contributed by atoms with Crippen LogP contribution in [0.1, 0.15) is 28.3 Å². The summed E-state index contributed by atoms with van der Waals surface area (Å²) in [4.78, 5) is 0. The minimum Gasteiger partial charge on any atom is -0.271 e. The number of nitrogens with one attached hydrogen (secondary N) is 1. The molecule has 0 aliphatic rings. The lowest BCUT2D eigenvalue weighted by Crippen LogP contribution is -2.29. The number of rotatable bonds is 3. The van der Waals surface area contributed by atoms with Gasteiger partial charge in [-0.3, -0.25) is 5.84 Å². The quantitative estimate of drug-likeness (QED) is 0.565. The summed E-state index contributed by atoms with van der Waals surface area (Å²) in [6, 6.07) is 12.4. The normalized spacial score (nSPS) is 12.8. The summed E-state index contributed by atoms with van der Waals surface area (Å²) in [7, 11) is 0. The van der Waals surface area contributed by atoms with Gasteiger partial charge in [0.05, 0.1) is 17.8 Å². The van der Waals surface area contributed by atoms with E-state index in [2.05, 4.69) is 48.6 Å².